The van der Waals surface area contributed by atoms with Gasteiger partial charge in [-0.2, -0.15) is 0 Å². The lowest BCUT2D eigenvalue weighted by molar-refractivity contribution is -0.385. The van der Waals surface area contributed by atoms with E-state index in [4.69, 9.17) is 5.11 Å². The van der Waals surface area contributed by atoms with Crippen molar-refractivity contribution >= 4 is 11.8 Å². The van der Waals surface area contributed by atoms with Gasteiger partial charge in [0, 0.05) is 18.2 Å². The van der Waals surface area contributed by atoms with Crippen LogP contribution < -0.4 is 5.32 Å². The molecule has 0 heterocycles. The number of nitro groups is 1. The number of nitrogens with zero attached hydrogens (tertiary/aromatic N) is 1. The maximum absolute atomic E-state index is 10.7. The van der Waals surface area contributed by atoms with E-state index in [1.54, 1.807) is 18.2 Å². The van der Waals surface area contributed by atoms with Gasteiger partial charge in [-0.05, 0) is 19.3 Å². The molecule has 0 aliphatic heterocycles. The first kappa shape index (κ1) is 13.0. The van der Waals surface area contributed by atoms with E-state index in [-0.39, 0.29) is 5.69 Å². The molecular formula is C11H14N2O4. The summed E-state index contributed by atoms with van der Waals surface area (Å²) >= 11 is 0. The van der Waals surface area contributed by atoms with Gasteiger partial charge in [-0.15, -0.1) is 0 Å². The fourth-order valence-corrected chi connectivity index (χ4v) is 1.54. The van der Waals surface area contributed by atoms with Gasteiger partial charge in [-0.1, -0.05) is 18.2 Å². The second-order valence-corrected chi connectivity index (χ2v) is 3.57. The number of benzene rings is 1. The monoisotopic (exact) mass is 238 g/mol. The first-order valence-electron chi connectivity index (χ1n) is 5.30. The summed E-state index contributed by atoms with van der Waals surface area (Å²) in [6.45, 7) is 0.371. The first-order valence-corrected chi connectivity index (χ1v) is 5.30. The van der Waals surface area contributed by atoms with Crippen molar-refractivity contribution in [1.29, 1.82) is 0 Å². The van der Waals surface area contributed by atoms with E-state index in [1.807, 2.05) is 0 Å². The van der Waals surface area contributed by atoms with Crippen LogP contribution in [0.4, 0.5) is 10.5 Å². The van der Waals surface area contributed by atoms with Crippen molar-refractivity contribution in [3.05, 3.63) is 39.9 Å². The molecule has 0 radical (unpaired) electrons. The Morgan fingerprint density at radius 2 is 2.06 bits per heavy atom. The van der Waals surface area contributed by atoms with Crippen LogP contribution in [0.5, 0.6) is 0 Å². The Morgan fingerprint density at radius 1 is 1.35 bits per heavy atom. The molecule has 6 heteroatoms. The summed E-state index contributed by atoms with van der Waals surface area (Å²) in [5.74, 6) is 0. The van der Waals surface area contributed by atoms with Crippen LogP contribution in [0, 0.1) is 10.1 Å². The summed E-state index contributed by atoms with van der Waals surface area (Å²) in [6.07, 6.45) is 0.915. The third kappa shape index (κ3) is 4.50. The SMILES string of the molecule is O=C(O)NCCCCc1ccccc1[N+](=O)[O-]. The third-order valence-electron chi connectivity index (χ3n) is 2.34. The summed E-state index contributed by atoms with van der Waals surface area (Å²) in [5, 5.41) is 21.3. The summed E-state index contributed by atoms with van der Waals surface area (Å²) in [4.78, 5) is 20.5. The first-order chi connectivity index (χ1) is 8.11. The van der Waals surface area contributed by atoms with Crippen molar-refractivity contribution in [2.45, 2.75) is 19.3 Å². The summed E-state index contributed by atoms with van der Waals surface area (Å²) in [7, 11) is 0. The number of rotatable bonds is 6. The molecule has 17 heavy (non-hydrogen) atoms. The van der Waals surface area contributed by atoms with E-state index in [2.05, 4.69) is 5.32 Å². The minimum Gasteiger partial charge on any atom is -0.465 e. The molecule has 0 aliphatic carbocycles. The molecule has 0 aliphatic rings. The van der Waals surface area contributed by atoms with Gasteiger partial charge in [-0.25, -0.2) is 4.79 Å². The number of carbonyl (C=O) groups is 1. The van der Waals surface area contributed by atoms with Crippen LogP contribution >= 0.6 is 0 Å². The zero-order chi connectivity index (χ0) is 12.7. The van der Waals surface area contributed by atoms with Crippen molar-refractivity contribution in [3.8, 4) is 0 Å². The maximum Gasteiger partial charge on any atom is 0.404 e. The molecule has 1 amide bonds. The number of nitrogens with one attached hydrogen (secondary N) is 1. The zero-order valence-electron chi connectivity index (χ0n) is 9.26. The molecule has 1 rings (SSSR count). The molecule has 0 spiro atoms. The summed E-state index contributed by atoms with van der Waals surface area (Å²) in [6, 6.07) is 6.60. The number of carboxylic acid groups (broad SMARTS) is 1. The number of aryl methyl sites for hydroxylation is 1. The third-order valence-corrected chi connectivity index (χ3v) is 2.34. The quantitative estimate of drug-likeness (QED) is 0.451. The highest BCUT2D eigenvalue weighted by molar-refractivity contribution is 5.64. The number of hydrogen-bond donors (Lipinski definition) is 2. The maximum atomic E-state index is 10.7. The van der Waals surface area contributed by atoms with Gasteiger partial charge in [0.2, 0.25) is 0 Å². The van der Waals surface area contributed by atoms with Gasteiger partial charge >= 0.3 is 6.09 Å². The average Bonchev–Trinajstić information content (AvgIpc) is 2.28. The van der Waals surface area contributed by atoms with E-state index >= 15 is 0 Å². The number of nitro benzene ring substituents is 1. The van der Waals surface area contributed by atoms with Gasteiger partial charge in [0.1, 0.15) is 0 Å². The molecule has 0 unspecified atom stereocenters. The van der Waals surface area contributed by atoms with Crippen LogP contribution in [0.15, 0.2) is 24.3 Å². The molecule has 0 saturated heterocycles. The standard InChI is InChI=1S/C11H14N2O4/c14-11(15)12-8-4-3-6-9-5-1-2-7-10(9)13(16)17/h1-2,5,7,12H,3-4,6,8H2,(H,14,15). The summed E-state index contributed by atoms with van der Waals surface area (Å²) < 4.78 is 0. The van der Waals surface area contributed by atoms with Gasteiger partial charge in [0.25, 0.3) is 5.69 Å². The fourth-order valence-electron chi connectivity index (χ4n) is 1.54. The van der Waals surface area contributed by atoms with Crippen LogP contribution in [0.25, 0.3) is 0 Å². The van der Waals surface area contributed by atoms with Crippen molar-refractivity contribution in [3.63, 3.8) is 0 Å². The number of unbranched alkanes of at least 4 members (excludes halogenated alkanes) is 1. The minimum absolute atomic E-state index is 0.124. The molecule has 0 saturated carbocycles. The van der Waals surface area contributed by atoms with Gasteiger partial charge < -0.3 is 10.4 Å². The lowest BCUT2D eigenvalue weighted by atomic mass is 10.1. The van der Waals surface area contributed by atoms with Crippen LogP contribution in [0.2, 0.25) is 0 Å². The number of hydrogen-bond acceptors (Lipinski definition) is 3. The van der Waals surface area contributed by atoms with Gasteiger partial charge in [-0.3, -0.25) is 10.1 Å². The molecule has 0 bridgehead atoms. The normalized spacial score (nSPS) is 9.88. The minimum atomic E-state index is -1.05. The molecular weight excluding hydrogens is 224 g/mol. The number of para-hydroxylation sites is 1. The Morgan fingerprint density at radius 3 is 2.71 bits per heavy atom. The highest BCUT2D eigenvalue weighted by Crippen LogP contribution is 2.19. The average molecular weight is 238 g/mol. The van der Waals surface area contributed by atoms with Crippen molar-refractivity contribution in [1.82, 2.24) is 5.32 Å². The Hall–Kier alpha value is -2.11. The predicted molar refractivity (Wildman–Crippen MR) is 62.1 cm³/mol. The zero-order valence-corrected chi connectivity index (χ0v) is 9.26. The molecule has 0 fully saturated rings. The lowest BCUT2D eigenvalue weighted by Gasteiger charge is -2.03. The van der Waals surface area contributed by atoms with E-state index in [0.29, 0.717) is 31.4 Å². The Kier molecular flexibility index (Phi) is 4.93. The lowest BCUT2D eigenvalue weighted by Crippen LogP contribution is -2.21. The van der Waals surface area contributed by atoms with E-state index < -0.39 is 11.0 Å². The highest BCUT2D eigenvalue weighted by atomic mass is 16.6. The molecule has 2 N–H and O–H groups in total. The van der Waals surface area contributed by atoms with E-state index in [1.165, 1.54) is 6.07 Å². The predicted octanol–water partition coefficient (Wildman–Crippen LogP) is 2.19. The number of amides is 1. The second kappa shape index (κ2) is 6.47. The topological polar surface area (TPSA) is 92.5 Å². The Balaban J connectivity index is 2.41. The fraction of sp³-hybridized carbons (Fsp3) is 0.364. The molecule has 92 valence electrons. The van der Waals surface area contributed by atoms with Crippen molar-refractivity contribution in [2.24, 2.45) is 0 Å². The smallest absolute Gasteiger partial charge is 0.404 e. The van der Waals surface area contributed by atoms with Crippen LogP contribution in [-0.2, 0) is 6.42 Å². The van der Waals surface area contributed by atoms with Gasteiger partial charge in [0.05, 0.1) is 4.92 Å². The second-order valence-electron chi connectivity index (χ2n) is 3.57. The molecule has 0 atom stereocenters. The van der Waals surface area contributed by atoms with Crippen LogP contribution in [0.3, 0.4) is 0 Å². The van der Waals surface area contributed by atoms with Gasteiger partial charge in [0.15, 0.2) is 0 Å². The van der Waals surface area contributed by atoms with Crippen molar-refractivity contribution in [2.75, 3.05) is 6.54 Å². The molecule has 0 aromatic heterocycles. The van der Waals surface area contributed by atoms with Crippen LogP contribution in [0.1, 0.15) is 18.4 Å². The largest absolute Gasteiger partial charge is 0.465 e. The van der Waals surface area contributed by atoms with Crippen LogP contribution in [-0.4, -0.2) is 22.7 Å². The Labute approximate surface area is 98.4 Å². The van der Waals surface area contributed by atoms with E-state index in [0.717, 1.165) is 0 Å². The summed E-state index contributed by atoms with van der Waals surface area (Å²) in [5.41, 5.74) is 0.812. The molecule has 1 aromatic carbocycles. The Bertz CT molecular complexity index is 406. The molecule has 6 nitrogen and oxygen atoms in total. The highest BCUT2D eigenvalue weighted by Gasteiger charge is 2.11. The van der Waals surface area contributed by atoms with E-state index in [9.17, 15) is 14.9 Å². The molecule has 1 aromatic rings. The van der Waals surface area contributed by atoms with Crippen molar-refractivity contribution < 1.29 is 14.8 Å².